The molecule has 0 amide bonds. The van der Waals surface area contributed by atoms with Gasteiger partial charge in [-0.1, -0.05) is 0 Å². The van der Waals surface area contributed by atoms with Crippen LogP contribution in [0.3, 0.4) is 0 Å². The van der Waals surface area contributed by atoms with Crippen LogP contribution < -0.4 is 0 Å². The lowest BCUT2D eigenvalue weighted by Crippen LogP contribution is -2.41. The molecule has 0 saturated carbocycles. The number of aliphatic hydroxyl groups excluding tert-OH is 6. The van der Waals surface area contributed by atoms with Crippen LogP contribution >= 0.6 is 17.2 Å². The van der Waals surface area contributed by atoms with Gasteiger partial charge in [0.05, 0.1) is 0 Å². The Labute approximate surface area is 177 Å². The predicted molar refractivity (Wildman–Crippen MR) is 86.4 cm³/mol. The zero-order chi connectivity index (χ0) is 24.3. The molecule has 0 spiro atoms. The third-order valence-electron chi connectivity index (χ3n) is 3.33. The minimum atomic E-state index is -3.27. The van der Waals surface area contributed by atoms with Crippen LogP contribution in [0.4, 0.5) is 0 Å². The van der Waals surface area contributed by atoms with Crippen LogP contribution in [0.2, 0.25) is 0 Å². The fourth-order valence-electron chi connectivity index (χ4n) is 1.65. The molecule has 0 aromatic rings. The van der Waals surface area contributed by atoms with Crippen LogP contribution in [0.5, 0.6) is 0 Å². The van der Waals surface area contributed by atoms with E-state index in [1.807, 2.05) is 0 Å². The summed E-state index contributed by atoms with van der Waals surface area (Å²) in [6.45, 7) is 0. The molecule has 2 fully saturated rings. The van der Waals surface area contributed by atoms with E-state index in [-0.39, 0.29) is 0 Å². The maximum atomic E-state index is 11.8. The minimum Gasteiger partial charge on any atom is -0.379 e. The van der Waals surface area contributed by atoms with Gasteiger partial charge in [-0.2, -0.15) is 0 Å². The van der Waals surface area contributed by atoms with E-state index in [0.29, 0.717) is 0 Å². The Morgan fingerprint density at radius 1 is 0.625 bits per heavy atom. The number of hydrogen-bond acceptors (Lipinski definition) is 18. The molecule has 0 bridgehead atoms. The van der Waals surface area contributed by atoms with E-state index in [9.17, 15) is 59.4 Å². The van der Waals surface area contributed by atoms with Gasteiger partial charge in [0.2, 0.25) is 0 Å². The van der Waals surface area contributed by atoms with E-state index in [1.54, 1.807) is 0 Å². The summed E-state index contributed by atoms with van der Waals surface area (Å²) in [5, 5.41) is 56.4. The zero-order valence-electron chi connectivity index (χ0n) is 14.9. The summed E-state index contributed by atoms with van der Waals surface area (Å²) in [4.78, 5) is 69.2. The summed E-state index contributed by atoms with van der Waals surface area (Å²) in [5.74, 6) is -10.4. The van der Waals surface area contributed by atoms with Crippen molar-refractivity contribution in [3.8, 4) is 0 Å². The molecule has 6 unspecified atom stereocenters. The van der Waals surface area contributed by atoms with Gasteiger partial charge in [0.25, 0.3) is 0 Å². The zero-order valence-corrected chi connectivity index (χ0v) is 16.7. The van der Waals surface area contributed by atoms with Gasteiger partial charge in [-0.15, -0.1) is 0 Å². The van der Waals surface area contributed by atoms with Gasteiger partial charge in [-0.05, 0) is 0 Å². The molecule has 32 heavy (non-hydrogen) atoms. The average Bonchev–Trinajstić information content (AvgIpc) is 2.88. The van der Waals surface area contributed by atoms with Gasteiger partial charge >= 0.3 is 53.0 Å². The fourth-order valence-corrected chi connectivity index (χ4v) is 3.40. The number of hydrogen-bond donors (Lipinski definition) is 6. The molecule has 0 aliphatic carbocycles. The first-order valence-corrected chi connectivity index (χ1v) is 10.0. The Kier molecular flexibility index (Phi) is 8.33. The summed E-state index contributed by atoms with van der Waals surface area (Å²) in [6.07, 6.45) is -15.1. The lowest BCUT2D eigenvalue weighted by Gasteiger charge is -2.18. The van der Waals surface area contributed by atoms with Gasteiger partial charge in [0, 0.05) is 0 Å². The predicted octanol–water partition coefficient (Wildman–Crippen LogP) is -5.11. The maximum Gasteiger partial charge on any atom is 0.537 e. The van der Waals surface area contributed by atoms with Crippen molar-refractivity contribution in [3.63, 3.8) is 0 Å². The molecule has 2 saturated heterocycles. The molecule has 18 nitrogen and oxygen atoms in total. The van der Waals surface area contributed by atoms with E-state index >= 15 is 0 Å². The Hall–Kier alpha value is -2.56. The molecule has 2 aliphatic rings. The molecule has 6 atom stereocenters. The molecule has 2 rings (SSSR count). The van der Waals surface area contributed by atoms with E-state index in [0.717, 1.165) is 0 Å². The third kappa shape index (κ3) is 5.81. The summed E-state index contributed by atoms with van der Waals surface area (Å²) in [6, 6.07) is 0. The highest BCUT2D eigenvalue weighted by Gasteiger charge is 2.47. The Morgan fingerprint density at radius 2 is 0.844 bits per heavy atom. The highest BCUT2D eigenvalue weighted by Crippen LogP contribution is 2.44. The number of carbonyl (C=O) groups is 6. The van der Waals surface area contributed by atoms with E-state index < -0.39 is 89.6 Å². The maximum absolute atomic E-state index is 11.8. The van der Waals surface area contributed by atoms with Crippen molar-refractivity contribution in [2.24, 2.45) is 0 Å². The van der Waals surface area contributed by atoms with Crippen molar-refractivity contribution in [3.05, 3.63) is 0 Å². The summed E-state index contributed by atoms with van der Waals surface area (Å²) >= 11 is 0. The monoisotopic (exact) mass is 506 g/mol. The van der Waals surface area contributed by atoms with Crippen molar-refractivity contribution in [2.75, 3.05) is 0 Å². The highest BCUT2D eigenvalue weighted by molar-refractivity contribution is 7.44. The van der Waals surface area contributed by atoms with Crippen molar-refractivity contribution in [1.29, 1.82) is 0 Å². The van der Waals surface area contributed by atoms with Crippen LogP contribution in [-0.2, 0) is 55.9 Å². The van der Waals surface area contributed by atoms with Crippen LogP contribution in [-0.4, -0.2) is 103 Å². The molecule has 0 radical (unpaired) electrons. The second kappa shape index (κ2) is 10.4. The van der Waals surface area contributed by atoms with E-state index in [1.165, 1.54) is 0 Å². The standard InChI is InChI=1S/C12H12O18P2/c13-1-2(14)8(20)26-31(25-7(1)19)29-11(23)5(17)6(18)12(24)30-32-27-9(21)3(15)4(16)10(22)28-32/h1-6,13-18H. The third-order valence-corrected chi connectivity index (χ3v) is 5.31. The second-order valence-electron chi connectivity index (χ2n) is 5.58. The molecule has 0 aromatic carbocycles. The van der Waals surface area contributed by atoms with Gasteiger partial charge in [0.1, 0.15) is 0 Å². The van der Waals surface area contributed by atoms with Crippen LogP contribution in [0, 0.1) is 0 Å². The Bertz CT molecular complexity index is 704. The lowest BCUT2D eigenvalue weighted by molar-refractivity contribution is -0.164. The van der Waals surface area contributed by atoms with Gasteiger partial charge in [-0.3, -0.25) is 0 Å². The highest BCUT2D eigenvalue weighted by atomic mass is 31.2. The van der Waals surface area contributed by atoms with Crippen LogP contribution in [0.1, 0.15) is 0 Å². The van der Waals surface area contributed by atoms with Crippen molar-refractivity contribution < 1.29 is 86.5 Å². The minimum absolute atomic E-state index is 1.64. The molecule has 6 N–H and O–H groups in total. The molecule has 20 heteroatoms. The van der Waals surface area contributed by atoms with Crippen LogP contribution in [0.25, 0.3) is 0 Å². The first kappa shape index (κ1) is 25.7. The van der Waals surface area contributed by atoms with Gasteiger partial charge < -0.3 is 57.8 Å². The van der Waals surface area contributed by atoms with Crippen LogP contribution in [0.15, 0.2) is 0 Å². The molecule has 2 aliphatic heterocycles. The van der Waals surface area contributed by atoms with Gasteiger partial charge in [-0.25, -0.2) is 28.8 Å². The lowest BCUT2D eigenvalue weighted by atomic mass is 10.2. The number of aliphatic hydroxyl groups is 6. The average molecular weight is 506 g/mol. The normalized spacial score (nSPS) is 32.7. The van der Waals surface area contributed by atoms with Crippen molar-refractivity contribution in [2.45, 2.75) is 36.6 Å². The molecular weight excluding hydrogens is 494 g/mol. The summed E-state index contributed by atoms with van der Waals surface area (Å²) < 4.78 is 25.6. The summed E-state index contributed by atoms with van der Waals surface area (Å²) in [5.41, 5.74) is 0. The largest absolute Gasteiger partial charge is 0.537 e. The molecule has 178 valence electrons. The quantitative estimate of drug-likeness (QED) is 0.190. The molecule has 0 aromatic heterocycles. The SMILES string of the molecule is O=C1OP(OC(=O)C(O)C(O)C(=O)OP2OC(=O)C(O)C(O)C(=O)O2)OC(=O)C(O)C1O. The number of carbonyl (C=O) groups excluding carboxylic acids is 6. The van der Waals surface area contributed by atoms with E-state index in [2.05, 4.69) is 27.1 Å². The van der Waals surface area contributed by atoms with Crippen molar-refractivity contribution in [1.82, 2.24) is 0 Å². The molecular formula is C12H12O18P2. The molecule has 2 heterocycles. The van der Waals surface area contributed by atoms with Crippen molar-refractivity contribution >= 4 is 53.0 Å². The number of rotatable bonds is 5. The Morgan fingerprint density at radius 3 is 1.06 bits per heavy atom. The smallest absolute Gasteiger partial charge is 0.379 e. The van der Waals surface area contributed by atoms with Gasteiger partial charge in [0.15, 0.2) is 36.6 Å². The fraction of sp³-hybridized carbons (Fsp3) is 0.500. The van der Waals surface area contributed by atoms with E-state index in [4.69, 9.17) is 0 Å². The summed E-state index contributed by atoms with van der Waals surface area (Å²) in [7, 11) is -6.54. The first-order chi connectivity index (χ1) is 14.8. The Balaban J connectivity index is 1.97. The first-order valence-electron chi connectivity index (χ1n) is 7.83. The topological polar surface area (TPSA) is 279 Å². The second-order valence-corrected chi connectivity index (χ2v) is 7.57.